The molecule has 0 amide bonds. The second kappa shape index (κ2) is 5.72. The van der Waals surface area contributed by atoms with Gasteiger partial charge in [-0.1, -0.05) is 36.4 Å². The quantitative estimate of drug-likeness (QED) is 0.645. The fourth-order valence-electron chi connectivity index (χ4n) is 2.73. The molecule has 0 unspecified atom stereocenters. The third-order valence-corrected chi connectivity index (χ3v) is 3.85. The molecule has 3 heterocycles. The number of hydrogen-bond acceptors (Lipinski definition) is 5. The van der Waals surface area contributed by atoms with Crippen LogP contribution in [-0.4, -0.2) is 26.1 Å². The highest BCUT2D eigenvalue weighted by Crippen LogP contribution is 2.21. The zero-order chi connectivity index (χ0) is 15.6. The lowest BCUT2D eigenvalue weighted by Crippen LogP contribution is -2.06. The number of fused-ring (bicyclic) bond motifs is 3. The number of anilines is 1. The van der Waals surface area contributed by atoms with Gasteiger partial charge in [0.1, 0.15) is 0 Å². The van der Waals surface area contributed by atoms with Crippen LogP contribution in [-0.2, 0) is 13.0 Å². The van der Waals surface area contributed by atoms with Gasteiger partial charge in [-0.3, -0.25) is 0 Å². The monoisotopic (exact) mass is 307 g/mol. The fourth-order valence-corrected chi connectivity index (χ4v) is 2.73. The van der Waals surface area contributed by atoms with Crippen molar-refractivity contribution in [2.45, 2.75) is 19.4 Å². The van der Waals surface area contributed by atoms with E-state index < -0.39 is 0 Å². The third-order valence-electron chi connectivity index (χ3n) is 3.85. The van der Waals surface area contributed by atoms with Gasteiger partial charge in [0.05, 0.1) is 19.5 Å². The van der Waals surface area contributed by atoms with Crippen LogP contribution in [0, 0.1) is 0 Å². The maximum atomic E-state index is 5.98. The van der Waals surface area contributed by atoms with E-state index in [0.29, 0.717) is 36.1 Å². The highest BCUT2D eigenvalue weighted by molar-refractivity contribution is 5.81. The summed E-state index contributed by atoms with van der Waals surface area (Å²) in [5.41, 5.74) is 9.78. The number of nitrogen functional groups attached to an aromatic ring is 1. The first-order valence-electron chi connectivity index (χ1n) is 7.63. The molecule has 0 saturated heterocycles. The molecular formula is C17H17N5O. The molecule has 0 radical (unpaired) electrons. The fraction of sp³-hybridized carbons (Fsp3) is 0.235. The number of allylic oxidation sites excluding steroid dienone is 1. The van der Waals surface area contributed by atoms with E-state index >= 15 is 0 Å². The van der Waals surface area contributed by atoms with Gasteiger partial charge in [-0.05, 0) is 24.0 Å². The van der Waals surface area contributed by atoms with Crippen LogP contribution in [0.5, 0.6) is 6.01 Å². The highest BCUT2D eigenvalue weighted by atomic mass is 16.5. The summed E-state index contributed by atoms with van der Waals surface area (Å²) in [5, 5.41) is 0. The van der Waals surface area contributed by atoms with Crippen LogP contribution in [0.2, 0.25) is 0 Å². The van der Waals surface area contributed by atoms with E-state index in [0.717, 1.165) is 12.8 Å². The van der Waals surface area contributed by atoms with Gasteiger partial charge in [-0.25, -0.2) is 4.98 Å². The molecule has 1 aliphatic heterocycles. The van der Waals surface area contributed by atoms with Crippen LogP contribution in [0.4, 0.5) is 5.82 Å². The van der Waals surface area contributed by atoms with Crippen LogP contribution in [0.15, 0.2) is 42.7 Å². The smallest absolute Gasteiger partial charge is 0.320 e. The van der Waals surface area contributed by atoms with Crippen LogP contribution in [0.3, 0.4) is 0 Å². The first-order chi connectivity index (χ1) is 11.3. The van der Waals surface area contributed by atoms with Crippen molar-refractivity contribution >= 4 is 17.0 Å². The van der Waals surface area contributed by atoms with E-state index in [9.17, 15) is 0 Å². The van der Waals surface area contributed by atoms with E-state index in [1.807, 2.05) is 4.57 Å². The summed E-state index contributed by atoms with van der Waals surface area (Å²) in [7, 11) is 0. The first kappa shape index (κ1) is 13.8. The normalized spacial score (nSPS) is 14.6. The van der Waals surface area contributed by atoms with Crippen molar-refractivity contribution in [3.63, 3.8) is 0 Å². The SMILES string of the molecule is Nc1nc2nc3c1ncn3Cc1cccc(c1)CC=CCCO2. The third kappa shape index (κ3) is 2.75. The van der Waals surface area contributed by atoms with Crippen molar-refractivity contribution in [3.05, 3.63) is 53.9 Å². The van der Waals surface area contributed by atoms with Crippen molar-refractivity contribution in [3.8, 4) is 6.01 Å². The van der Waals surface area contributed by atoms with Gasteiger partial charge in [-0.15, -0.1) is 0 Å². The molecule has 1 aromatic carbocycles. The second-order valence-electron chi connectivity index (χ2n) is 5.57. The van der Waals surface area contributed by atoms with E-state index in [4.69, 9.17) is 10.5 Å². The predicted octanol–water partition coefficient (Wildman–Crippen LogP) is 2.34. The zero-order valence-electron chi connectivity index (χ0n) is 12.6. The van der Waals surface area contributed by atoms with Crippen molar-refractivity contribution in [2.75, 3.05) is 12.3 Å². The predicted molar refractivity (Wildman–Crippen MR) is 88.2 cm³/mol. The lowest BCUT2D eigenvalue weighted by Gasteiger charge is -2.08. The minimum absolute atomic E-state index is 0.302. The summed E-state index contributed by atoms with van der Waals surface area (Å²) in [5.74, 6) is 0.347. The van der Waals surface area contributed by atoms with Gasteiger partial charge in [0.15, 0.2) is 17.0 Å². The van der Waals surface area contributed by atoms with Gasteiger partial charge >= 0.3 is 6.01 Å². The van der Waals surface area contributed by atoms with Crippen molar-refractivity contribution in [1.82, 2.24) is 19.5 Å². The van der Waals surface area contributed by atoms with E-state index in [1.165, 1.54) is 11.1 Å². The van der Waals surface area contributed by atoms with Gasteiger partial charge in [0.2, 0.25) is 0 Å². The molecule has 0 aliphatic carbocycles. The van der Waals surface area contributed by atoms with Crippen molar-refractivity contribution in [2.24, 2.45) is 0 Å². The summed E-state index contributed by atoms with van der Waals surface area (Å²) < 4.78 is 7.59. The van der Waals surface area contributed by atoms with Gasteiger partial charge < -0.3 is 15.0 Å². The number of nitrogens with two attached hydrogens (primary N) is 1. The number of nitrogens with zero attached hydrogens (tertiary/aromatic N) is 4. The lowest BCUT2D eigenvalue weighted by molar-refractivity contribution is 0.300. The van der Waals surface area contributed by atoms with Crippen molar-refractivity contribution in [1.29, 1.82) is 0 Å². The Labute approximate surface area is 133 Å². The first-order valence-corrected chi connectivity index (χ1v) is 7.63. The van der Waals surface area contributed by atoms with Gasteiger partial charge in [0.25, 0.3) is 0 Å². The molecule has 116 valence electrons. The summed E-state index contributed by atoms with van der Waals surface area (Å²) in [4.78, 5) is 13.0. The van der Waals surface area contributed by atoms with Crippen LogP contribution in [0.25, 0.3) is 11.2 Å². The summed E-state index contributed by atoms with van der Waals surface area (Å²) in [6, 6.07) is 8.84. The maximum absolute atomic E-state index is 5.98. The molecule has 2 N–H and O–H groups in total. The summed E-state index contributed by atoms with van der Waals surface area (Å²) in [6.45, 7) is 1.21. The maximum Gasteiger partial charge on any atom is 0.320 e. The molecule has 6 heteroatoms. The lowest BCUT2D eigenvalue weighted by atomic mass is 10.1. The molecule has 0 fully saturated rings. The summed E-state index contributed by atoms with van der Waals surface area (Å²) in [6.07, 6.45) is 7.75. The van der Waals surface area contributed by atoms with Gasteiger partial charge in [-0.2, -0.15) is 9.97 Å². The number of benzene rings is 1. The number of rotatable bonds is 0. The molecule has 3 aromatic rings. The average Bonchev–Trinajstić information content (AvgIpc) is 2.94. The molecule has 4 bridgehead atoms. The number of aromatic nitrogens is 4. The molecule has 0 saturated carbocycles. The molecule has 4 rings (SSSR count). The van der Waals surface area contributed by atoms with E-state index in [2.05, 4.69) is 51.4 Å². The van der Waals surface area contributed by atoms with Crippen molar-refractivity contribution < 1.29 is 4.74 Å². The van der Waals surface area contributed by atoms with Crippen LogP contribution in [0.1, 0.15) is 17.5 Å². The standard InChI is InChI=1S/C17H17N5O/c18-15-14-16-21-17(20-15)23-8-3-1-2-5-12-6-4-7-13(9-12)10-22(16)11-19-14/h1-2,4,6-7,9,11H,3,5,8,10H2,(H2,18,20,21). The molecule has 0 spiro atoms. The Hall–Kier alpha value is -2.89. The molecule has 6 nitrogen and oxygen atoms in total. The zero-order valence-corrected chi connectivity index (χ0v) is 12.6. The molecule has 2 aromatic heterocycles. The molecular weight excluding hydrogens is 290 g/mol. The summed E-state index contributed by atoms with van der Waals surface area (Å²) >= 11 is 0. The average molecular weight is 307 g/mol. The Balaban J connectivity index is 1.83. The Morgan fingerprint density at radius 1 is 1.13 bits per heavy atom. The Morgan fingerprint density at radius 3 is 3.00 bits per heavy atom. The molecule has 23 heavy (non-hydrogen) atoms. The Bertz CT molecular complexity index is 884. The molecule has 1 aliphatic rings. The number of hydrogen-bond donors (Lipinski definition) is 1. The number of imidazole rings is 1. The minimum Gasteiger partial charge on any atom is -0.463 e. The second-order valence-corrected chi connectivity index (χ2v) is 5.57. The minimum atomic E-state index is 0.302. The number of ether oxygens (including phenoxy) is 1. The van der Waals surface area contributed by atoms with Gasteiger partial charge in [0, 0.05) is 0 Å². The highest BCUT2D eigenvalue weighted by Gasteiger charge is 2.12. The Morgan fingerprint density at radius 2 is 2.04 bits per heavy atom. The van der Waals surface area contributed by atoms with E-state index in [-0.39, 0.29) is 0 Å². The van der Waals surface area contributed by atoms with Crippen LogP contribution < -0.4 is 10.5 Å². The van der Waals surface area contributed by atoms with E-state index in [1.54, 1.807) is 6.33 Å². The molecule has 0 atom stereocenters. The Kier molecular flexibility index (Phi) is 3.42. The largest absolute Gasteiger partial charge is 0.463 e. The topological polar surface area (TPSA) is 78.9 Å². The van der Waals surface area contributed by atoms with Crippen LogP contribution >= 0.6 is 0 Å².